The molecule has 0 atom stereocenters. The molecule has 0 aliphatic rings. The summed E-state index contributed by atoms with van der Waals surface area (Å²) in [5.41, 5.74) is -0.0320. The van der Waals surface area contributed by atoms with E-state index in [-0.39, 0.29) is 5.39 Å². The first-order chi connectivity index (χ1) is 8.97. The molecule has 19 heavy (non-hydrogen) atoms. The maximum Gasteiger partial charge on any atom is 0.419 e. The number of hydrogen-bond donors (Lipinski definition) is 1. The molecule has 0 amide bonds. The Kier molecular flexibility index (Phi) is 2.38. The van der Waals surface area contributed by atoms with Gasteiger partial charge in [0.05, 0.1) is 16.6 Å². The van der Waals surface area contributed by atoms with Crippen molar-refractivity contribution < 1.29 is 18.3 Å². The number of para-hydroxylation sites is 1. The van der Waals surface area contributed by atoms with Crippen LogP contribution in [0.1, 0.15) is 5.56 Å². The van der Waals surface area contributed by atoms with Gasteiger partial charge in [-0.2, -0.15) is 13.2 Å². The van der Waals surface area contributed by atoms with E-state index in [0.717, 1.165) is 6.07 Å². The van der Waals surface area contributed by atoms with E-state index >= 15 is 0 Å². The highest BCUT2D eigenvalue weighted by Gasteiger charge is 2.34. The van der Waals surface area contributed by atoms with E-state index in [9.17, 15) is 18.3 Å². The standard InChI is InChI=1S/C14H8F3NO/c15-14(16,17)10-5-6-12-9(13(10)19)7-8-3-1-2-4-11(8)18-12/h1-7,19H. The number of pyridine rings is 1. The van der Waals surface area contributed by atoms with Crippen molar-refractivity contribution in [1.82, 2.24) is 4.98 Å². The van der Waals surface area contributed by atoms with Crippen molar-refractivity contribution in [1.29, 1.82) is 0 Å². The molecule has 0 spiro atoms. The molecule has 0 fully saturated rings. The summed E-state index contributed by atoms with van der Waals surface area (Å²) >= 11 is 0. The molecule has 2 aromatic carbocycles. The fourth-order valence-corrected chi connectivity index (χ4v) is 2.06. The SMILES string of the molecule is Oc1c(C(F)(F)F)ccc2nc3ccccc3cc12. The Morgan fingerprint density at radius 1 is 0.947 bits per heavy atom. The Morgan fingerprint density at radius 3 is 2.42 bits per heavy atom. The number of phenols is 1. The second-order valence-corrected chi connectivity index (χ2v) is 4.21. The Morgan fingerprint density at radius 2 is 1.68 bits per heavy atom. The Balaban J connectivity index is 2.39. The summed E-state index contributed by atoms with van der Waals surface area (Å²) in [6.45, 7) is 0. The monoisotopic (exact) mass is 263 g/mol. The minimum absolute atomic E-state index is 0.105. The van der Waals surface area contributed by atoms with Gasteiger partial charge in [-0.15, -0.1) is 0 Å². The smallest absolute Gasteiger partial charge is 0.419 e. The second-order valence-electron chi connectivity index (χ2n) is 4.21. The average molecular weight is 263 g/mol. The molecule has 1 aromatic heterocycles. The number of benzene rings is 2. The summed E-state index contributed by atoms with van der Waals surface area (Å²) in [4.78, 5) is 4.23. The first-order valence-electron chi connectivity index (χ1n) is 5.55. The highest BCUT2D eigenvalue weighted by molar-refractivity contribution is 5.96. The van der Waals surface area contributed by atoms with Gasteiger partial charge < -0.3 is 5.11 Å². The van der Waals surface area contributed by atoms with Crippen molar-refractivity contribution in [2.45, 2.75) is 6.18 Å². The Hall–Kier alpha value is -2.30. The van der Waals surface area contributed by atoms with Gasteiger partial charge in [-0.05, 0) is 24.3 Å². The molecule has 0 bridgehead atoms. The number of alkyl halides is 3. The largest absolute Gasteiger partial charge is 0.507 e. The van der Waals surface area contributed by atoms with Crippen LogP contribution in [0.4, 0.5) is 13.2 Å². The molecule has 96 valence electrons. The number of nitrogens with zero attached hydrogens (tertiary/aromatic N) is 1. The van der Waals surface area contributed by atoms with Crippen LogP contribution in [0, 0.1) is 0 Å². The van der Waals surface area contributed by atoms with Gasteiger partial charge in [-0.3, -0.25) is 0 Å². The fourth-order valence-electron chi connectivity index (χ4n) is 2.06. The third kappa shape index (κ3) is 1.87. The van der Waals surface area contributed by atoms with Crippen LogP contribution in [0.5, 0.6) is 5.75 Å². The van der Waals surface area contributed by atoms with E-state index in [0.29, 0.717) is 16.4 Å². The van der Waals surface area contributed by atoms with Crippen molar-refractivity contribution in [2.75, 3.05) is 0 Å². The van der Waals surface area contributed by atoms with E-state index in [2.05, 4.69) is 4.98 Å². The van der Waals surface area contributed by atoms with Gasteiger partial charge in [-0.25, -0.2) is 4.98 Å². The first-order valence-corrected chi connectivity index (χ1v) is 5.55. The number of aromatic nitrogens is 1. The minimum Gasteiger partial charge on any atom is -0.507 e. The molecule has 0 aliphatic carbocycles. The molecule has 3 rings (SSSR count). The second kappa shape index (κ2) is 3.85. The molecule has 5 heteroatoms. The van der Waals surface area contributed by atoms with Crippen molar-refractivity contribution in [2.24, 2.45) is 0 Å². The van der Waals surface area contributed by atoms with E-state index in [4.69, 9.17) is 0 Å². The summed E-state index contributed by atoms with van der Waals surface area (Å²) in [7, 11) is 0. The predicted octanol–water partition coefficient (Wildman–Crippen LogP) is 4.11. The summed E-state index contributed by atoms with van der Waals surface area (Å²) in [5.74, 6) is -0.775. The first kappa shape index (κ1) is 11.8. The molecule has 1 N–H and O–H groups in total. The number of hydrogen-bond acceptors (Lipinski definition) is 2. The van der Waals surface area contributed by atoms with Gasteiger partial charge in [0.25, 0.3) is 0 Å². The van der Waals surface area contributed by atoms with Crippen LogP contribution in [-0.4, -0.2) is 10.1 Å². The van der Waals surface area contributed by atoms with Gasteiger partial charge >= 0.3 is 6.18 Å². The van der Waals surface area contributed by atoms with Crippen LogP contribution in [0.3, 0.4) is 0 Å². The van der Waals surface area contributed by atoms with Gasteiger partial charge in [0, 0.05) is 10.8 Å². The van der Waals surface area contributed by atoms with Crippen molar-refractivity contribution >= 4 is 21.8 Å². The summed E-state index contributed by atoms with van der Waals surface area (Å²) < 4.78 is 38.1. The number of phenolic OH excluding ortho intramolecular Hbond substituents is 1. The van der Waals surface area contributed by atoms with E-state index in [1.807, 2.05) is 0 Å². The number of fused-ring (bicyclic) bond motifs is 2. The molecular weight excluding hydrogens is 255 g/mol. The van der Waals surface area contributed by atoms with Crippen molar-refractivity contribution in [3.05, 3.63) is 48.0 Å². The van der Waals surface area contributed by atoms with E-state index in [1.54, 1.807) is 24.3 Å². The molecule has 3 aromatic rings. The highest BCUT2D eigenvalue weighted by atomic mass is 19.4. The molecular formula is C14H8F3NO. The summed E-state index contributed by atoms with van der Waals surface area (Å²) in [5, 5.41) is 10.6. The van der Waals surface area contributed by atoms with Crippen LogP contribution in [-0.2, 0) is 6.18 Å². The maximum absolute atomic E-state index is 12.7. The van der Waals surface area contributed by atoms with Crippen LogP contribution < -0.4 is 0 Å². The lowest BCUT2D eigenvalue weighted by Crippen LogP contribution is -2.05. The zero-order valence-electron chi connectivity index (χ0n) is 9.57. The lowest BCUT2D eigenvalue weighted by molar-refractivity contribution is -0.138. The van der Waals surface area contributed by atoms with Crippen molar-refractivity contribution in [3.63, 3.8) is 0 Å². The quantitative estimate of drug-likeness (QED) is 0.619. The zero-order chi connectivity index (χ0) is 13.6. The minimum atomic E-state index is -4.58. The van der Waals surface area contributed by atoms with Gasteiger partial charge in [0.1, 0.15) is 5.75 Å². The molecule has 0 unspecified atom stereocenters. The molecule has 1 heterocycles. The van der Waals surface area contributed by atoms with Crippen LogP contribution in [0.15, 0.2) is 42.5 Å². The molecule has 0 saturated heterocycles. The average Bonchev–Trinajstić information content (AvgIpc) is 2.36. The van der Waals surface area contributed by atoms with Crippen LogP contribution in [0.25, 0.3) is 21.8 Å². The predicted molar refractivity (Wildman–Crippen MR) is 65.9 cm³/mol. The van der Waals surface area contributed by atoms with Crippen LogP contribution in [0.2, 0.25) is 0 Å². The van der Waals surface area contributed by atoms with Crippen molar-refractivity contribution in [3.8, 4) is 5.75 Å². The van der Waals surface area contributed by atoms with E-state index < -0.39 is 17.5 Å². The third-order valence-corrected chi connectivity index (χ3v) is 2.98. The number of aromatic hydroxyl groups is 1. The van der Waals surface area contributed by atoms with E-state index in [1.165, 1.54) is 12.1 Å². The summed E-state index contributed by atoms with van der Waals surface area (Å²) in [6, 6.07) is 10.7. The Labute approximate surface area is 106 Å². The lowest BCUT2D eigenvalue weighted by Gasteiger charge is -2.11. The Bertz CT molecular complexity index is 781. The topological polar surface area (TPSA) is 33.1 Å². The lowest BCUT2D eigenvalue weighted by atomic mass is 10.1. The van der Waals surface area contributed by atoms with Gasteiger partial charge in [-0.1, -0.05) is 18.2 Å². The fraction of sp³-hybridized carbons (Fsp3) is 0.0714. The molecule has 2 nitrogen and oxygen atoms in total. The normalized spacial score (nSPS) is 12.2. The zero-order valence-corrected chi connectivity index (χ0v) is 9.57. The molecule has 0 aliphatic heterocycles. The highest BCUT2D eigenvalue weighted by Crippen LogP contribution is 2.39. The van der Waals surface area contributed by atoms with Gasteiger partial charge in [0.2, 0.25) is 0 Å². The van der Waals surface area contributed by atoms with Gasteiger partial charge in [0.15, 0.2) is 0 Å². The molecule has 0 radical (unpaired) electrons. The number of halogens is 3. The molecule has 0 saturated carbocycles. The summed E-state index contributed by atoms with van der Waals surface area (Å²) in [6.07, 6.45) is -4.58. The third-order valence-electron chi connectivity index (χ3n) is 2.98. The number of rotatable bonds is 0. The maximum atomic E-state index is 12.7. The van der Waals surface area contributed by atoms with Crippen LogP contribution >= 0.6 is 0 Å².